The van der Waals surface area contributed by atoms with E-state index in [0.29, 0.717) is 24.5 Å². The van der Waals surface area contributed by atoms with Crippen molar-refractivity contribution in [2.45, 2.75) is 32.2 Å². The molecule has 160 valence electrons. The van der Waals surface area contributed by atoms with Gasteiger partial charge in [-0.15, -0.1) is 0 Å². The van der Waals surface area contributed by atoms with E-state index in [1.165, 1.54) is 12.1 Å². The average molecular weight is 415 g/mol. The molecule has 0 aliphatic carbocycles. The second kappa shape index (κ2) is 9.61. The monoisotopic (exact) mass is 415 g/mol. The quantitative estimate of drug-likeness (QED) is 0.646. The molecule has 7 heteroatoms. The number of nitrogens with zero attached hydrogens (tertiary/aromatic N) is 1. The smallest absolute Gasteiger partial charge is 0.306 e. The van der Waals surface area contributed by atoms with Gasteiger partial charge in [-0.1, -0.05) is 12.1 Å². The standard InChI is InChI=1S/C23H26FNO5/c1-4-30-22(27)10-9-21(26)25-12-11-16-13-19(28-2)20(29-3)14-18(16)23(25)15-5-7-17(24)8-6-15/h5-8,13-14,23H,4,9-12H2,1-3H3. The van der Waals surface area contributed by atoms with E-state index in [4.69, 9.17) is 14.2 Å². The number of hydrogen-bond acceptors (Lipinski definition) is 5. The molecule has 1 atom stereocenters. The molecule has 0 saturated heterocycles. The fraction of sp³-hybridized carbons (Fsp3) is 0.391. The zero-order valence-corrected chi connectivity index (χ0v) is 17.4. The van der Waals surface area contributed by atoms with Crippen LogP contribution >= 0.6 is 0 Å². The van der Waals surface area contributed by atoms with Crippen LogP contribution in [0.5, 0.6) is 11.5 Å². The predicted octanol–water partition coefficient (Wildman–Crippen LogP) is 3.66. The fourth-order valence-corrected chi connectivity index (χ4v) is 3.80. The second-order valence-electron chi connectivity index (χ2n) is 7.00. The van der Waals surface area contributed by atoms with Gasteiger partial charge in [0.15, 0.2) is 11.5 Å². The van der Waals surface area contributed by atoms with E-state index in [0.717, 1.165) is 16.7 Å². The first-order chi connectivity index (χ1) is 14.5. The van der Waals surface area contributed by atoms with E-state index in [9.17, 15) is 14.0 Å². The fourth-order valence-electron chi connectivity index (χ4n) is 3.80. The number of ether oxygens (including phenoxy) is 3. The van der Waals surface area contributed by atoms with Crippen LogP contribution in [0.4, 0.5) is 4.39 Å². The van der Waals surface area contributed by atoms with Crippen LogP contribution in [0.3, 0.4) is 0 Å². The molecule has 2 aromatic carbocycles. The van der Waals surface area contributed by atoms with Crippen molar-refractivity contribution in [1.82, 2.24) is 4.90 Å². The van der Waals surface area contributed by atoms with Crippen LogP contribution in [0.2, 0.25) is 0 Å². The molecule has 1 aliphatic heterocycles. The maximum absolute atomic E-state index is 13.5. The largest absolute Gasteiger partial charge is 0.493 e. The van der Waals surface area contributed by atoms with Crippen LogP contribution in [0.15, 0.2) is 36.4 Å². The summed E-state index contributed by atoms with van der Waals surface area (Å²) < 4.78 is 29.3. The minimum atomic E-state index is -0.413. The highest BCUT2D eigenvalue weighted by molar-refractivity contribution is 5.82. The normalized spacial score (nSPS) is 15.3. The Bertz CT molecular complexity index is 913. The predicted molar refractivity (Wildman–Crippen MR) is 109 cm³/mol. The first-order valence-corrected chi connectivity index (χ1v) is 9.93. The van der Waals surface area contributed by atoms with Gasteiger partial charge in [-0.25, -0.2) is 4.39 Å². The Hall–Kier alpha value is -3.09. The molecule has 30 heavy (non-hydrogen) atoms. The van der Waals surface area contributed by atoms with Crippen molar-refractivity contribution >= 4 is 11.9 Å². The number of carbonyl (C=O) groups is 2. The molecule has 0 fully saturated rings. The summed E-state index contributed by atoms with van der Waals surface area (Å²) in [5, 5.41) is 0. The Morgan fingerprint density at radius 1 is 1.07 bits per heavy atom. The van der Waals surface area contributed by atoms with Crippen molar-refractivity contribution in [3.8, 4) is 11.5 Å². The molecule has 1 heterocycles. The summed E-state index contributed by atoms with van der Waals surface area (Å²) in [6, 6.07) is 9.49. The third kappa shape index (κ3) is 4.56. The van der Waals surface area contributed by atoms with Gasteiger partial charge < -0.3 is 19.1 Å². The molecule has 1 aliphatic rings. The molecule has 3 rings (SSSR count). The third-order valence-electron chi connectivity index (χ3n) is 5.23. The summed E-state index contributed by atoms with van der Waals surface area (Å²) in [6.45, 7) is 2.49. The second-order valence-corrected chi connectivity index (χ2v) is 7.00. The summed E-state index contributed by atoms with van der Waals surface area (Å²) >= 11 is 0. The van der Waals surface area contributed by atoms with Gasteiger partial charge in [0.25, 0.3) is 0 Å². The molecule has 0 bridgehead atoms. The van der Waals surface area contributed by atoms with Crippen molar-refractivity contribution < 1.29 is 28.2 Å². The number of methoxy groups -OCH3 is 2. The first kappa shape index (κ1) is 21.6. The Morgan fingerprint density at radius 2 is 1.73 bits per heavy atom. The topological polar surface area (TPSA) is 65.1 Å². The summed E-state index contributed by atoms with van der Waals surface area (Å²) in [4.78, 5) is 26.5. The molecule has 2 aromatic rings. The molecular weight excluding hydrogens is 389 g/mol. The lowest BCUT2D eigenvalue weighted by molar-refractivity contribution is -0.146. The maximum atomic E-state index is 13.5. The highest BCUT2D eigenvalue weighted by Gasteiger charge is 2.33. The van der Waals surface area contributed by atoms with Crippen molar-refractivity contribution in [1.29, 1.82) is 0 Å². The molecule has 1 amide bonds. The van der Waals surface area contributed by atoms with Crippen LogP contribution in [-0.2, 0) is 20.7 Å². The minimum Gasteiger partial charge on any atom is -0.493 e. The lowest BCUT2D eigenvalue weighted by Crippen LogP contribution is -2.40. The highest BCUT2D eigenvalue weighted by Crippen LogP contribution is 2.41. The Morgan fingerprint density at radius 3 is 2.37 bits per heavy atom. The van der Waals surface area contributed by atoms with Crippen LogP contribution in [0, 0.1) is 5.82 Å². The lowest BCUT2D eigenvalue weighted by Gasteiger charge is -2.38. The minimum absolute atomic E-state index is 0.0259. The number of hydrogen-bond donors (Lipinski definition) is 0. The maximum Gasteiger partial charge on any atom is 0.306 e. The van der Waals surface area contributed by atoms with Gasteiger partial charge >= 0.3 is 5.97 Å². The SMILES string of the molecule is CCOC(=O)CCC(=O)N1CCc2cc(OC)c(OC)cc2C1c1ccc(F)cc1. The summed E-state index contributed by atoms with van der Waals surface area (Å²) in [6.07, 6.45) is 0.718. The van der Waals surface area contributed by atoms with E-state index in [-0.39, 0.29) is 31.2 Å². The molecule has 0 N–H and O–H groups in total. The zero-order chi connectivity index (χ0) is 21.7. The Labute approximate surface area is 175 Å². The number of benzene rings is 2. The van der Waals surface area contributed by atoms with Gasteiger partial charge in [-0.3, -0.25) is 9.59 Å². The Balaban J connectivity index is 1.98. The zero-order valence-electron chi connectivity index (χ0n) is 17.4. The van der Waals surface area contributed by atoms with E-state index >= 15 is 0 Å². The summed E-state index contributed by atoms with van der Waals surface area (Å²) in [5.74, 6) is 0.286. The molecule has 6 nitrogen and oxygen atoms in total. The highest BCUT2D eigenvalue weighted by atomic mass is 19.1. The van der Waals surface area contributed by atoms with Gasteiger partial charge in [0.2, 0.25) is 5.91 Å². The van der Waals surface area contributed by atoms with Crippen molar-refractivity contribution in [2.75, 3.05) is 27.4 Å². The van der Waals surface area contributed by atoms with Crippen LogP contribution in [0.25, 0.3) is 0 Å². The van der Waals surface area contributed by atoms with Gasteiger partial charge in [0.1, 0.15) is 5.82 Å². The third-order valence-corrected chi connectivity index (χ3v) is 5.23. The van der Waals surface area contributed by atoms with Crippen LogP contribution in [0.1, 0.15) is 42.5 Å². The van der Waals surface area contributed by atoms with Crippen molar-refractivity contribution in [3.63, 3.8) is 0 Å². The molecule has 0 spiro atoms. The van der Waals surface area contributed by atoms with E-state index in [1.54, 1.807) is 38.2 Å². The number of rotatable bonds is 7. The summed E-state index contributed by atoms with van der Waals surface area (Å²) in [5.41, 5.74) is 2.72. The summed E-state index contributed by atoms with van der Waals surface area (Å²) in [7, 11) is 3.14. The molecule has 1 unspecified atom stereocenters. The van der Waals surface area contributed by atoms with Crippen molar-refractivity contribution in [3.05, 3.63) is 58.9 Å². The van der Waals surface area contributed by atoms with Gasteiger partial charge in [-0.2, -0.15) is 0 Å². The first-order valence-electron chi connectivity index (χ1n) is 9.93. The van der Waals surface area contributed by atoms with Gasteiger partial charge in [0, 0.05) is 13.0 Å². The molecule has 0 saturated carbocycles. The lowest BCUT2D eigenvalue weighted by atomic mass is 9.87. The number of halogens is 1. The number of fused-ring (bicyclic) bond motifs is 1. The van der Waals surface area contributed by atoms with Gasteiger partial charge in [-0.05, 0) is 54.3 Å². The average Bonchev–Trinajstić information content (AvgIpc) is 2.76. The van der Waals surface area contributed by atoms with E-state index < -0.39 is 12.0 Å². The Kier molecular flexibility index (Phi) is 6.92. The number of carbonyl (C=O) groups excluding carboxylic acids is 2. The molecular formula is C23H26FNO5. The molecule has 0 radical (unpaired) electrons. The van der Waals surface area contributed by atoms with E-state index in [1.807, 2.05) is 12.1 Å². The van der Waals surface area contributed by atoms with Crippen molar-refractivity contribution in [2.24, 2.45) is 0 Å². The molecule has 0 aromatic heterocycles. The van der Waals surface area contributed by atoms with Crippen LogP contribution < -0.4 is 9.47 Å². The number of esters is 1. The van der Waals surface area contributed by atoms with E-state index in [2.05, 4.69) is 0 Å². The van der Waals surface area contributed by atoms with Crippen LogP contribution in [-0.4, -0.2) is 44.1 Å². The van der Waals surface area contributed by atoms with Gasteiger partial charge in [0.05, 0.1) is 33.3 Å². The number of amides is 1.